The highest BCUT2D eigenvalue weighted by Crippen LogP contribution is 2.31. The minimum absolute atomic E-state index is 0.0314. The van der Waals surface area contributed by atoms with Crippen molar-refractivity contribution in [3.8, 4) is 0 Å². The Morgan fingerprint density at radius 3 is 2.39 bits per heavy atom. The molecule has 5 nitrogen and oxygen atoms in total. The minimum atomic E-state index is -3.88. The molecule has 1 aromatic rings. The lowest BCUT2D eigenvalue weighted by atomic mass is 10.2. The van der Waals surface area contributed by atoms with Gasteiger partial charge in [0.15, 0.2) is 0 Å². The van der Waals surface area contributed by atoms with Gasteiger partial charge in [-0.05, 0) is 31.0 Å². The zero-order valence-electron chi connectivity index (χ0n) is 9.47. The van der Waals surface area contributed by atoms with Crippen LogP contribution in [0.5, 0.6) is 0 Å². The molecule has 1 saturated heterocycles. The van der Waals surface area contributed by atoms with E-state index in [1.807, 2.05) is 4.90 Å². The van der Waals surface area contributed by atoms with Crippen LogP contribution in [-0.4, -0.2) is 32.6 Å². The number of hydrogen-bond acceptors (Lipinski definition) is 4. The zero-order valence-corrected chi connectivity index (χ0v) is 11.0. The Kier molecular flexibility index (Phi) is 3.49. The highest BCUT2D eigenvalue weighted by atomic mass is 35.7. The van der Waals surface area contributed by atoms with E-state index in [2.05, 4.69) is 0 Å². The van der Waals surface area contributed by atoms with E-state index < -0.39 is 15.0 Å². The topological polar surface area (TPSA) is 74.7 Å². The average Bonchev–Trinajstić information content (AvgIpc) is 2.80. The molecule has 0 amide bonds. The van der Waals surface area contributed by atoms with Crippen LogP contribution in [0.15, 0.2) is 23.1 Å². The van der Waals surface area contributed by atoms with Crippen molar-refractivity contribution in [1.82, 2.24) is 0 Å². The fourth-order valence-electron chi connectivity index (χ4n) is 2.06. The SMILES string of the molecule is O=C(O)c1ccc(S(=O)(=O)Cl)c(N2CCCC2)c1. The minimum Gasteiger partial charge on any atom is -0.478 e. The van der Waals surface area contributed by atoms with E-state index in [9.17, 15) is 13.2 Å². The smallest absolute Gasteiger partial charge is 0.335 e. The first kappa shape index (κ1) is 13.2. The summed E-state index contributed by atoms with van der Waals surface area (Å²) in [7, 11) is 1.50. The largest absolute Gasteiger partial charge is 0.478 e. The number of aromatic carboxylic acids is 1. The van der Waals surface area contributed by atoms with E-state index in [1.54, 1.807) is 0 Å². The lowest BCUT2D eigenvalue weighted by molar-refractivity contribution is 0.0697. The van der Waals surface area contributed by atoms with Gasteiger partial charge in [-0.15, -0.1) is 0 Å². The molecule has 0 bridgehead atoms. The van der Waals surface area contributed by atoms with Crippen molar-refractivity contribution in [2.75, 3.05) is 18.0 Å². The van der Waals surface area contributed by atoms with Gasteiger partial charge in [-0.3, -0.25) is 0 Å². The molecule has 1 heterocycles. The van der Waals surface area contributed by atoms with Crippen LogP contribution < -0.4 is 4.90 Å². The zero-order chi connectivity index (χ0) is 13.3. The Morgan fingerprint density at radius 1 is 1.28 bits per heavy atom. The van der Waals surface area contributed by atoms with Gasteiger partial charge in [-0.25, -0.2) is 13.2 Å². The van der Waals surface area contributed by atoms with Gasteiger partial charge in [0.1, 0.15) is 4.90 Å². The second-order valence-electron chi connectivity index (χ2n) is 4.12. The van der Waals surface area contributed by atoms with Crippen LogP contribution >= 0.6 is 10.7 Å². The third-order valence-corrected chi connectivity index (χ3v) is 4.28. The molecule has 18 heavy (non-hydrogen) atoms. The molecule has 0 radical (unpaired) electrons. The predicted molar refractivity (Wildman–Crippen MR) is 67.9 cm³/mol. The van der Waals surface area contributed by atoms with E-state index >= 15 is 0 Å². The Labute approximate surface area is 109 Å². The molecule has 1 fully saturated rings. The average molecular weight is 290 g/mol. The van der Waals surface area contributed by atoms with Crippen LogP contribution in [0.25, 0.3) is 0 Å². The Hall–Kier alpha value is -1.27. The molecule has 1 aliphatic heterocycles. The maximum Gasteiger partial charge on any atom is 0.335 e. The van der Waals surface area contributed by atoms with E-state index in [1.165, 1.54) is 18.2 Å². The number of nitrogens with zero attached hydrogens (tertiary/aromatic N) is 1. The van der Waals surface area contributed by atoms with Crippen molar-refractivity contribution in [3.05, 3.63) is 23.8 Å². The first-order chi connectivity index (χ1) is 8.39. The van der Waals surface area contributed by atoms with Gasteiger partial charge in [0.2, 0.25) is 0 Å². The van der Waals surface area contributed by atoms with Gasteiger partial charge in [-0.2, -0.15) is 0 Å². The molecule has 1 aromatic carbocycles. The van der Waals surface area contributed by atoms with Crippen molar-refractivity contribution in [1.29, 1.82) is 0 Å². The third kappa shape index (κ3) is 2.59. The molecule has 7 heteroatoms. The highest BCUT2D eigenvalue weighted by molar-refractivity contribution is 8.13. The van der Waals surface area contributed by atoms with Gasteiger partial charge < -0.3 is 10.0 Å². The van der Waals surface area contributed by atoms with Crippen molar-refractivity contribution in [2.45, 2.75) is 17.7 Å². The molecular weight excluding hydrogens is 278 g/mol. The summed E-state index contributed by atoms with van der Waals surface area (Å²) in [5, 5.41) is 8.94. The number of anilines is 1. The van der Waals surface area contributed by atoms with E-state index in [4.69, 9.17) is 15.8 Å². The van der Waals surface area contributed by atoms with Crippen LogP contribution in [0.3, 0.4) is 0 Å². The van der Waals surface area contributed by atoms with Gasteiger partial charge in [0, 0.05) is 23.8 Å². The molecule has 1 N–H and O–H groups in total. The normalized spacial score (nSPS) is 15.9. The molecule has 0 aliphatic carbocycles. The maximum atomic E-state index is 11.5. The molecule has 98 valence electrons. The van der Waals surface area contributed by atoms with Crippen LogP contribution in [0.1, 0.15) is 23.2 Å². The maximum absolute atomic E-state index is 11.5. The molecule has 2 rings (SSSR count). The molecule has 1 aliphatic rings. The summed E-state index contributed by atoms with van der Waals surface area (Å²) in [4.78, 5) is 12.7. The second-order valence-corrected chi connectivity index (χ2v) is 6.65. The van der Waals surface area contributed by atoms with Crippen molar-refractivity contribution >= 4 is 31.4 Å². The fraction of sp³-hybridized carbons (Fsp3) is 0.364. The lowest BCUT2D eigenvalue weighted by Crippen LogP contribution is -2.20. The van der Waals surface area contributed by atoms with Crippen LogP contribution in [0.2, 0.25) is 0 Å². The van der Waals surface area contributed by atoms with Gasteiger partial charge in [-0.1, -0.05) is 0 Å². The van der Waals surface area contributed by atoms with E-state index in [0.717, 1.165) is 12.8 Å². The summed E-state index contributed by atoms with van der Waals surface area (Å²) in [5.41, 5.74) is 0.434. The Morgan fingerprint density at radius 2 is 1.89 bits per heavy atom. The number of rotatable bonds is 3. The van der Waals surface area contributed by atoms with Crippen molar-refractivity contribution in [2.24, 2.45) is 0 Å². The quantitative estimate of drug-likeness (QED) is 0.860. The molecule has 0 spiro atoms. The molecule has 0 unspecified atom stereocenters. The molecular formula is C11H12ClNO4S. The molecule has 0 saturated carbocycles. The third-order valence-electron chi connectivity index (χ3n) is 2.92. The number of carboxylic acids is 1. The highest BCUT2D eigenvalue weighted by Gasteiger charge is 2.23. The van der Waals surface area contributed by atoms with E-state index in [-0.39, 0.29) is 10.5 Å². The number of carboxylic acid groups (broad SMARTS) is 1. The van der Waals surface area contributed by atoms with E-state index in [0.29, 0.717) is 18.8 Å². The summed E-state index contributed by atoms with van der Waals surface area (Å²) in [6, 6.07) is 3.86. The van der Waals surface area contributed by atoms with Crippen LogP contribution in [0.4, 0.5) is 5.69 Å². The Bertz CT molecular complexity index is 579. The van der Waals surface area contributed by atoms with Crippen LogP contribution in [-0.2, 0) is 9.05 Å². The number of halogens is 1. The Balaban J connectivity index is 2.56. The summed E-state index contributed by atoms with van der Waals surface area (Å²) >= 11 is 0. The van der Waals surface area contributed by atoms with Gasteiger partial charge in [0.05, 0.1) is 11.3 Å². The lowest BCUT2D eigenvalue weighted by Gasteiger charge is -2.20. The number of carbonyl (C=O) groups is 1. The van der Waals surface area contributed by atoms with Crippen molar-refractivity contribution in [3.63, 3.8) is 0 Å². The first-order valence-corrected chi connectivity index (χ1v) is 7.77. The summed E-state index contributed by atoms with van der Waals surface area (Å²) in [6.45, 7) is 1.42. The monoisotopic (exact) mass is 289 g/mol. The standard InChI is InChI=1S/C11H12ClNO4S/c12-18(16,17)10-4-3-8(11(14)15)7-9(10)13-5-1-2-6-13/h3-4,7H,1-2,5-6H2,(H,14,15). The summed E-state index contributed by atoms with van der Waals surface area (Å²) < 4.78 is 23.0. The first-order valence-electron chi connectivity index (χ1n) is 5.46. The van der Waals surface area contributed by atoms with Gasteiger partial charge in [0.25, 0.3) is 9.05 Å². The predicted octanol–water partition coefficient (Wildman–Crippen LogP) is 1.91. The van der Waals surface area contributed by atoms with Crippen molar-refractivity contribution < 1.29 is 18.3 Å². The second kappa shape index (κ2) is 4.78. The molecule has 0 aromatic heterocycles. The molecule has 0 atom stereocenters. The summed E-state index contributed by atoms with van der Waals surface area (Å²) in [5.74, 6) is -1.09. The fourth-order valence-corrected chi connectivity index (χ4v) is 3.12. The van der Waals surface area contributed by atoms with Gasteiger partial charge >= 0.3 is 5.97 Å². The number of benzene rings is 1. The number of hydrogen-bond donors (Lipinski definition) is 1. The summed E-state index contributed by atoms with van der Waals surface area (Å²) in [6.07, 6.45) is 1.91. The van der Waals surface area contributed by atoms with Crippen LogP contribution in [0, 0.1) is 0 Å².